The number of halogens is 2. The fourth-order valence-electron chi connectivity index (χ4n) is 1.43. The normalized spacial score (nSPS) is 10.1. The Morgan fingerprint density at radius 2 is 2.00 bits per heavy atom. The maximum atomic E-state index is 13.0. The van der Waals surface area contributed by atoms with E-state index in [4.69, 9.17) is 11.6 Å². The summed E-state index contributed by atoms with van der Waals surface area (Å²) in [6, 6.07) is 9.53. The molecule has 18 heavy (non-hydrogen) atoms. The molecule has 0 bridgehead atoms. The quantitative estimate of drug-likeness (QED) is 0.817. The molecule has 0 heterocycles. The molecule has 2 rings (SSSR count). The number of hydrogen-bond acceptors (Lipinski definition) is 2. The first-order chi connectivity index (χ1) is 8.56. The van der Waals surface area contributed by atoms with Gasteiger partial charge in [-0.25, -0.2) is 4.39 Å². The van der Waals surface area contributed by atoms with E-state index >= 15 is 0 Å². The van der Waals surface area contributed by atoms with Crippen molar-refractivity contribution in [2.75, 3.05) is 5.32 Å². The molecule has 0 saturated carbocycles. The van der Waals surface area contributed by atoms with Crippen molar-refractivity contribution < 1.29 is 14.3 Å². The smallest absolute Gasteiger partial charge is 0.255 e. The lowest BCUT2D eigenvalue weighted by Gasteiger charge is -2.07. The van der Waals surface area contributed by atoms with Gasteiger partial charge in [0.05, 0.1) is 5.69 Å². The third-order valence-corrected chi connectivity index (χ3v) is 2.53. The molecule has 3 nitrogen and oxygen atoms in total. The topological polar surface area (TPSA) is 49.3 Å². The number of aromatic hydroxyl groups is 1. The number of hydrogen-bond donors (Lipinski definition) is 2. The highest BCUT2D eigenvalue weighted by Gasteiger charge is 2.09. The van der Waals surface area contributed by atoms with E-state index in [9.17, 15) is 14.3 Å². The van der Waals surface area contributed by atoms with Gasteiger partial charge in [0.15, 0.2) is 0 Å². The van der Waals surface area contributed by atoms with Crippen LogP contribution in [-0.4, -0.2) is 11.0 Å². The summed E-state index contributed by atoms with van der Waals surface area (Å²) in [4.78, 5) is 11.8. The third-order valence-electron chi connectivity index (χ3n) is 2.29. The van der Waals surface area contributed by atoms with E-state index in [2.05, 4.69) is 5.32 Å². The van der Waals surface area contributed by atoms with Crippen molar-refractivity contribution in [2.24, 2.45) is 0 Å². The monoisotopic (exact) mass is 265 g/mol. The molecule has 0 saturated heterocycles. The zero-order chi connectivity index (χ0) is 13.1. The number of nitrogens with one attached hydrogen (secondary N) is 1. The summed E-state index contributed by atoms with van der Waals surface area (Å²) in [6.07, 6.45) is 0. The standard InChI is InChI=1S/C13H9ClFNO2/c14-9-4-5-12(17)11(7-9)16-13(18)8-2-1-3-10(15)6-8/h1-7,17H,(H,16,18). The van der Waals surface area contributed by atoms with Crippen molar-refractivity contribution in [1.82, 2.24) is 0 Å². The van der Waals surface area contributed by atoms with Crippen molar-refractivity contribution in [2.45, 2.75) is 0 Å². The molecule has 0 radical (unpaired) electrons. The van der Waals surface area contributed by atoms with Crippen LogP contribution in [-0.2, 0) is 0 Å². The van der Waals surface area contributed by atoms with Crippen molar-refractivity contribution in [3.63, 3.8) is 0 Å². The van der Waals surface area contributed by atoms with Gasteiger partial charge >= 0.3 is 0 Å². The van der Waals surface area contributed by atoms with Crippen LogP contribution >= 0.6 is 11.6 Å². The van der Waals surface area contributed by atoms with E-state index in [0.29, 0.717) is 5.02 Å². The number of carbonyl (C=O) groups is 1. The number of amides is 1. The fraction of sp³-hybridized carbons (Fsp3) is 0. The summed E-state index contributed by atoms with van der Waals surface area (Å²) in [5, 5.41) is 12.4. The Labute approximate surface area is 108 Å². The van der Waals surface area contributed by atoms with Crippen LogP contribution in [0.3, 0.4) is 0 Å². The summed E-state index contributed by atoms with van der Waals surface area (Å²) in [5.74, 6) is -1.13. The Hall–Kier alpha value is -2.07. The Bertz CT molecular complexity index is 601. The number of phenols is 1. The fourth-order valence-corrected chi connectivity index (χ4v) is 1.60. The van der Waals surface area contributed by atoms with E-state index in [-0.39, 0.29) is 17.0 Å². The second-order valence-electron chi connectivity index (χ2n) is 3.63. The third kappa shape index (κ3) is 2.78. The zero-order valence-corrected chi connectivity index (χ0v) is 9.91. The summed E-state index contributed by atoms with van der Waals surface area (Å²) in [7, 11) is 0. The average molecular weight is 266 g/mol. The van der Waals surface area contributed by atoms with Gasteiger partial charge in [0.1, 0.15) is 11.6 Å². The van der Waals surface area contributed by atoms with Gasteiger partial charge in [-0.15, -0.1) is 0 Å². The van der Waals surface area contributed by atoms with Gasteiger partial charge in [-0.05, 0) is 36.4 Å². The molecule has 0 unspecified atom stereocenters. The van der Waals surface area contributed by atoms with E-state index < -0.39 is 11.7 Å². The molecule has 0 aliphatic carbocycles. The number of phenolic OH excluding ortho intramolecular Hbond substituents is 1. The first-order valence-corrected chi connectivity index (χ1v) is 5.49. The lowest BCUT2D eigenvalue weighted by atomic mass is 10.2. The molecule has 92 valence electrons. The maximum absolute atomic E-state index is 13.0. The van der Waals surface area contributed by atoms with E-state index in [0.717, 1.165) is 6.07 Å². The molecule has 2 aromatic rings. The molecule has 1 amide bonds. The van der Waals surface area contributed by atoms with Crippen LogP contribution in [0.5, 0.6) is 5.75 Å². The number of anilines is 1. The summed E-state index contributed by atoms with van der Waals surface area (Å²) in [5.41, 5.74) is 0.339. The highest BCUT2D eigenvalue weighted by Crippen LogP contribution is 2.26. The van der Waals surface area contributed by atoms with Crippen LogP contribution in [0.4, 0.5) is 10.1 Å². The Kier molecular flexibility index (Phi) is 3.48. The molecule has 0 spiro atoms. The van der Waals surface area contributed by atoms with Crippen LogP contribution in [0, 0.1) is 5.82 Å². The van der Waals surface area contributed by atoms with Crippen LogP contribution in [0.25, 0.3) is 0 Å². The van der Waals surface area contributed by atoms with E-state index in [1.54, 1.807) is 0 Å². The minimum atomic E-state index is -0.521. The molecule has 0 aromatic heterocycles. The SMILES string of the molecule is O=C(Nc1cc(Cl)ccc1O)c1cccc(F)c1. The van der Waals surface area contributed by atoms with Gasteiger partial charge in [0, 0.05) is 10.6 Å². The molecule has 0 aliphatic rings. The van der Waals surface area contributed by atoms with Crippen LogP contribution < -0.4 is 5.32 Å². The lowest BCUT2D eigenvalue weighted by Crippen LogP contribution is -2.12. The average Bonchev–Trinajstić information content (AvgIpc) is 2.34. The molecule has 5 heteroatoms. The van der Waals surface area contributed by atoms with Gasteiger partial charge in [-0.1, -0.05) is 17.7 Å². The van der Waals surface area contributed by atoms with E-state index in [1.807, 2.05) is 0 Å². The molecule has 0 atom stereocenters. The minimum absolute atomic E-state index is 0.107. The predicted octanol–water partition coefficient (Wildman–Crippen LogP) is 3.44. The molecule has 0 fully saturated rings. The van der Waals surface area contributed by atoms with Crippen molar-refractivity contribution in [1.29, 1.82) is 0 Å². The molecule has 0 aliphatic heterocycles. The van der Waals surface area contributed by atoms with Crippen LogP contribution in [0.15, 0.2) is 42.5 Å². The Morgan fingerprint density at radius 1 is 1.22 bits per heavy atom. The zero-order valence-electron chi connectivity index (χ0n) is 9.15. The maximum Gasteiger partial charge on any atom is 0.255 e. The molecule has 2 aromatic carbocycles. The van der Waals surface area contributed by atoms with Gasteiger partial charge in [0.25, 0.3) is 5.91 Å². The van der Waals surface area contributed by atoms with Crippen LogP contribution in [0.1, 0.15) is 10.4 Å². The number of benzene rings is 2. The first-order valence-electron chi connectivity index (χ1n) is 5.12. The van der Waals surface area contributed by atoms with Gasteiger partial charge < -0.3 is 10.4 Å². The summed E-state index contributed by atoms with van der Waals surface area (Å²) in [6.45, 7) is 0. The second-order valence-corrected chi connectivity index (χ2v) is 4.06. The Balaban J connectivity index is 2.24. The largest absolute Gasteiger partial charge is 0.506 e. The van der Waals surface area contributed by atoms with Crippen molar-refractivity contribution in [3.8, 4) is 5.75 Å². The molecule has 2 N–H and O–H groups in total. The highest BCUT2D eigenvalue weighted by atomic mass is 35.5. The molecular formula is C13H9ClFNO2. The van der Waals surface area contributed by atoms with Crippen LogP contribution in [0.2, 0.25) is 5.02 Å². The highest BCUT2D eigenvalue weighted by molar-refractivity contribution is 6.31. The van der Waals surface area contributed by atoms with Gasteiger partial charge in [-0.3, -0.25) is 4.79 Å². The number of carbonyl (C=O) groups excluding carboxylic acids is 1. The van der Waals surface area contributed by atoms with E-state index in [1.165, 1.54) is 36.4 Å². The Morgan fingerprint density at radius 3 is 2.72 bits per heavy atom. The summed E-state index contributed by atoms with van der Waals surface area (Å²) < 4.78 is 13.0. The summed E-state index contributed by atoms with van der Waals surface area (Å²) >= 11 is 5.75. The van der Waals surface area contributed by atoms with Gasteiger partial charge in [0.2, 0.25) is 0 Å². The van der Waals surface area contributed by atoms with Crippen molar-refractivity contribution in [3.05, 3.63) is 58.9 Å². The number of rotatable bonds is 2. The predicted molar refractivity (Wildman–Crippen MR) is 67.5 cm³/mol. The second kappa shape index (κ2) is 5.06. The lowest BCUT2D eigenvalue weighted by molar-refractivity contribution is 0.102. The molecular weight excluding hydrogens is 257 g/mol. The van der Waals surface area contributed by atoms with Gasteiger partial charge in [-0.2, -0.15) is 0 Å². The first kappa shape index (κ1) is 12.4. The minimum Gasteiger partial charge on any atom is -0.506 e. The van der Waals surface area contributed by atoms with Crippen molar-refractivity contribution >= 4 is 23.2 Å².